The molecule has 0 fully saturated rings. The molecular formula is C8H6NS2. The van der Waals surface area contributed by atoms with Gasteiger partial charge in [-0.05, 0) is 18.4 Å². The summed E-state index contributed by atoms with van der Waals surface area (Å²) in [5.74, 6) is 0. The predicted octanol–water partition coefficient (Wildman–Crippen LogP) is 2.98. The zero-order valence-electron chi connectivity index (χ0n) is 6.00. The number of aromatic nitrogens is 1. The minimum absolute atomic E-state index is 1.08. The molecule has 3 heteroatoms. The van der Waals surface area contributed by atoms with Crippen LogP contribution in [0.4, 0.5) is 0 Å². The molecule has 11 heavy (non-hydrogen) atoms. The maximum absolute atomic E-state index is 4.16. The molecular weight excluding hydrogens is 174 g/mol. The van der Waals surface area contributed by atoms with E-state index in [4.69, 9.17) is 0 Å². The summed E-state index contributed by atoms with van der Waals surface area (Å²) in [6.07, 6.45) is 2.93. The number of hydrogen-bond acceptors (Lipinski definition) is 3. The highest BCUT2D eigenvalue weighted by Gasteiger charge is 2.01. The van der Waals surface area contributed by atoms with E-state index in [1.807, 2.05) is 13.0 Å². The Labute approximate surface area is 73.4 Å². The van der Waals surface area contributed by atoms with Gasteiger partial charge in [-0.15, -0.1) is 22.7 Å². The molecule has 0 aliphatic heterocycles. The van der Waals surface area contributed by atoms with Crippen LogP contribution < -0.4 is 0 Å². The Kier molecular flexibility index (Phi) is 1.75. The van der Waals surface area contributed by atoms with Crippen LogP contribution in [0.3, 0.4) is 0 Å². The van der Waals surface area contributed by atoms with E-state index >= 15 is 0 Å². The quantitative estimate of drug-likeness (QED) is 0.657. The number of thiazole rings is 1. The molecule has 0 atom stereocenters. The van der Waals surface area contributed by atoms with Gasteiger partial charge in [-0.25, -0.2) is 4.98 Å². The summed E-state index contributed by atoms with van der Waals surface area (Å²) in [6, 6.07) is 4.12. The van der Waals surface area contributed by atoms with Gasteiger partial charge in [0.15, 0.2) is 0 Å². The van der Waals surface area contributed by atoms with Crippen LogP contribution in [0.25, 0.3) is 9.88 Å². The van der Waals surface area contributed by atoms with E-state index in [1.54, 1.807) is 22.7 Å². The Balaban J connectivity index is 2.45. The second-order valence-corrected chi connectivity index (χ2v) is 4.32. The highest BCUT2D eigenvalue weighted by atomic mass is 32.1. The number of thiophene rings is 1. The van der Waals surface area contributed by atoms with Crippen LogP contribution in [-0.4, -0.2) is 4.98 Å². The van der Waals surface area contributed by atoms with Crippen molar-refractivity contribution in [2.45, 2.75) is 6.92 Å². The Hall–Kier alpha value is -0.670. The number of hydrogen-bond donors (Lipinski definition) is 0. The summed E-state index contributed by atoms with van der Waals surface area (Å²) in [4.78, 5) is 6.54. The monoisotopic (exact) mass is 180 g/mol. The van der Waals surface area contributed by atoms with Crippen molar-refractivity contribution < 1.29 is 0 Å². The first-order valence-electron chi connectivity index (χ1n) is 3.25. The van der Waals surface area contributed by atoms with Gasteiger partial charge in [0.25, 0.3) is 0 Å². The van der Waals surface area contributed by atoms with Gasteiger partial charge in [-0.3, -0.25) is 0 Å². The molecule has 0 bridgehead atoms. The molecule has 0 saturated carbocycles. The lowest BCUT2D eigenvalue weighted by Crippen LogP contribution is -1.63. The first-order chi connectivity index (χ1) is 5.36. The summed E-state index contributed by atoms with van der Waals surface area (Å²) in [5, 5.41) is 3.14. The highest BCUT2D eigenvalue weighted by Crippen LogP contribution is 2.27. The zero-order chi connectivity index (χ0) is 7.68. The van der Waals surface area contributed by atoms with Crippen molar-refractivity contribution in [3.63, 3.8) is 0 Å². The van der Waals surface area contributed by atoms with Crippen molar-refractivity contribution >= 4 is 22.7 Å². The molecule has 0 unspecified atom stereocenters. The Morgan fingerprint density at radius 3 is 3.00 bits per heavy atom. The average Bonchev–Trinajstić information content (AvgIpc) is 2.55. The van der Waals surface area contributed by atoms with Gasteiger partial charge >= 0.3 is 0 Å². The molecule has 0 aliphatic carbocycles. The molecule has 0 spiro atoms. The van der Waals surface area contributed by atoms with Crippen LogP contribution in [0.15, 0.2) is 17.5 Å². The van der Waals surface area contributed by atoms with Crippen LogP contribution in [0.5, 0.6) is 0 Å². The van der Waals surface area contributed by atoms with Gasteiger partial charge in [-0.2, -0.15) is 0 Å². The maximum Gasteiger partial charge on any atom is 0.134 e. The van der Waals surface area contributed by atoms with Gasteiger partial charge in [0, 0.05) is 4.88 Å². The van der Waals surface area contributed by atoms with Gasteiger partial charge in [0.2, 0.25) is 0 Å². The van der Waals surface area contributed by atoms with E-state index in [1.165, 1.54) is 4.88 Å². The van der Waals surface area contributed by atoms with Gasteiger partial charge in [0.1, 0.15) is 11.2 Å². The minimum atomic E-state index is 1.08. The van der Waals surface area contributed by atoms with Crippen molar-refractivity contribution in [3.8, 4) is 9.88 Å². The molecule has 0 N–H and O–H groups in total. The molecule has 0 aliphatic rings. The maximum atomic E-state index is 4.16. The molecule has 55 valence electrons. The molecule has 0 saturated heterocycles. The third-order valence-corrected chi connectivity index (χ3v) is 3.20. The smallest absolute Gasteiger partial charge is 0.134 e. The largest absolute Gasteiger partial charge is 0.233 e. The average molecular weight is 180 g/mol. The number of aryl methyl sites for hydroxylation is 1. The fourth-order valence-electron chi connectivity index (χ4n) is 0.826. The first kappa shape index (κ1) is 7.00. The highest BCUT2D eigenvalue weighted by molar-refractivity contribution is 7.20. The second-order valence-electron chi connectivity index (χ2n) is 2.16. The van der Waals surface area contributed by atoms with Crippen LogP contribution >= 0.6 is 22.7 Å². The topological polar surface area (TPSA) is 12.9 Å². The molecule has 1 nitrogen and oxygen atoms in total. The van der Waals surface area contributed by atoms with Crippen LogP contribution in [0.2, 0.25) is 0 Å². The molecule has 0 amide bonds. The van der Waals surface area contributed by atoms with E-state index in [2.05, 4.69) is 22.6 Å². The fourth-order valence-corrected chi connectivity index (χ4v) is 2.34. The van der Waals surface area contributed by atoms with E-state index < -0.39 is 0 Å². The molecule has 2 aromatic heterocycles. The molecule has 1 radical (unpaired) electrons. The van der Waals surface area contributed by atoms with E-state index in [-0.39, 0.29) is 0 Å². The SMILES string of the molecule is Cc1[c]nc(-c2cccs2)s1. The van der Waals surface area contributed by atoms with Crippen molar-refractivity contribution in [1.82, 2.24) is 4.98 Å². The van der Waals surface area contributed by atoms with Crippen molar-refractivity contribution in [2.24, 2.45) is 0 Å². The number of rotatable bonds is 1. The third-order valence-electron chi connectivity index (χ3n) is 1.30. The first-order valence-corrected chi connectivity index (χ1v) is 4.95. The summed E-state index contributed by atoms with van der Waals surface area (Å²) in [6.45, 7) is 2.02. The summed E-state index contributed by atoms with van der Waals surface area (Å²) in [5.41, 5.74) is 0. The minimum Gasteiger partial charge on any atom is -0.233 e. The van der Waals surface area contributed by atoms with Crippen LogP contribution in [-0.2, 0) is 0 Å². The fraction of sp³-hybridized carbons (Fsp3) is 0.125. The Morgan fingerprint density at radius 2 is 2.45 bits per heavy atom. The van der Waals surface area contributed by atoms with Gasteiger partial charge in [0.05, 0.1) is 4.88 Å². The molecule has 2 heterocycles. The zero-order valence-corrected chi connectivity index (χ0v) is 7.63. The van der Waals surface area contributed by atoms with Crippen molar-refractivity contribution in [1.29, 1.82) is 0 Å². The second kappa shape index (κ2) is 2.75. The Morgan fingerprint density at radius 1 is 1.55 bits per heavy atom. The molecule has 2 aromatic rings. The summed E-state index contributed by atoms with van der Waals surface area (Å²) < 4.78 is 0. The lowest BCUT2D eigenvalue weighted by molar-refractivity contribution is 1.37. The van der Waals surface area contributed by atoms with Gasteiger partial charge < -0.3 is 0 Å². The number of nitrogens with zero attached hydrogens (tertiary/aromatic N) is 1. The van der Waals surface area contributed by atoms with Gasteiger partial charge in [-0.1, -0.05) is 6.07 Å². The summed E-state index contributed by atoms with van der Waals surface area (Å²) in [7, 11) is 0. The summed E-state index contributed by atoms with van der Waals surface area (Å²) >= 11 is 3.41. The molecule has 0 aromatic carbocycles. The Bertz CT molecular complexity index is 335. The van der Waals surface area contributed by atoms with Crippen LogP contribution in [0.1, 0.15) is 4.88 Å². The predicted molar refractivity (Wildman–Crippen MR) is 49.0 cm³/mol. The van der Waals surface area contributed by atoms with Crippen molar-refractivity contribution in [3.05, 3.63) is 28.6 Å². The third kappa shape index (κ3) is 1.34. The lowest BCUT2D eigenvalue weighted by atomic mass is 10.5. The normalized spacial score (nSPS) is 10.3. The standard InChI is InChI=1S/C8H6NS2/c1-6-5-9-8(11-6)7-3-2-4-10-7/h2-4H,1H3. The molecule has 2 rings (SSSR count). The van der Waals surface area contributed by atoms with Crippen molar-refractivity contribution in [2.75, 3.05) is 0 Å². The lowest BCUT2D eigenvalue weighted by Gasteiger charge is -1.83. The van der Waals surface area contributed by atoms with E-state index in [9.17, 15) is 0 Å². The van der Waals surface area contributed by atoms with E-state index in [0.717, 1.165) is 9.88 Å². The van der Waals surface area contributed by atoms with E-state index in [0.29, 0.717) is 0 Å². The van der Waals surface area contributed by atoms with Crippen LogP contribution in [0, 0.1) is 13.1 Å².